The maximum Gasteiger partial charge on any atom is 4.00 e. The summed E-state index contributed by atoms with van der Waals surface area (Å²) in [6.07, 6.45) is 2.69. The second kappa shape index (κ2) is 14.1. The van der Waals surface area contributed by atoms with E-state index in [9.17, 15) is 0 Å². The maximum atomic E-state index is 2.55. The van der Waals surface area contributed by atoms with Crippen LogP contribution in [0.4, 0.5) is 0 Å². The topological polar surface area (TPSA) is 0 Å². The number of rotatable bonds is 0. The van der Waals surface area contributed by atoms with E-state index in [1.807, 2.05) is 30.3 Å². The minimum Gasteiger partial charge on any atom is -1.00 e. The molecule has 0 bridgehead atoms. The van der Waals surface area contributed by atoms with Crippen molar-refractivity contribution in [2.75, 3.05) is 0 Å². The summed E-state index contributed by atoms with van der Waals surface area (Å²) in [6.45, 7) is 0. The second-order valence-electron chi connectivity index (χ2n) is 3.00. The van der Waals surface area contributed by atoms with E-state index in [0.717, 1.165) is 3.92 Å². The molecule has 1 fully saturated rings. The zero-order chi connectivity index (χ0) is 10.6. The second-order valence-corrected chi connectivity index (χ2v) is 11.3. The molecule has 1 saturated carbocycles. The van der Waals surface area contributed by atoms with Crippen LogP contribution in [0.15, 0.2) is 30.3 Å². The Morgan fingerprint density at radius 3 is 1.76 bits per heavy atom. The summed E-state index contributed by atoms with van der Waals surface area (Å²) in [5, 5.41) is 0. The Bertz CT molecular complexity index is 222. The summed E-state index contributed by atoms with van der Waals surface area (Å²) in [4.78, 5) is 0. The number of hydrogen-bond acceptors (Lipinski definition) is 0. The van der Waals surface area contributed by atoms with E-state index in [1.54, 1.807) is 3.92 Å². The van der Waals surface area contributed by atoms with Crippen LogP contribution in [0.2, 0.25) is 0 Å². The van der Waals surface area contributed by atoms with E-state index < -0.39 is 0 Å². The predicted molar refractivity (Wildman–Crippen MR) is 97.1 cm³/mol. The van der Waals surface area contributed by atoms with Gasteiger partial charge in [-0.15, -0.1) is 45.2 Å². The molecule has 17 heavy (non-hydrogen) atoms. The number of hydrogen-bond donors (Lipinski definition) is 0. The molecule has 1 aliphatic rings. The van der Waals surface area contributed by atoms with Gasteiger partial charge >= 0.3 is 21.7 Å². The molecule has 0 heterocycles. The molecule has 1 aliphatic carbocycles. The SMILES string of the molecule is I[C-]1CCC(I)C1(I)I.[I-].[I-].[Ti+4].c1cc[cH-]c1. The minimum atomic E-state index is 0. The average Bonchev–Trinajstić information content (AvgIpc) is 2.75. The van der Waals surface area contributed by atoms with Crippen molar-refractivity contribution in [2.24, 2.45) is 0 Å². The molecule has 0 spiro atoms. The molecule has 0 radical (unpaired) electrons. The fourth-order valence-corrected chi connectivity index (χ4v) is 4.22. The first-order valence-corrected chi connectivity index (χ1v) is 8.73. The van der Waals surface area contributed by atoms with Crippen LogP contribution < -0.4 is 48.0 Å². The van der Waals surface area contributed by atoms with Crippen molar-refractivity contribution in [1.29, 1.82) is 0 Å². The van der Waals surface area contributed by atoms with E-state index in [2.05, 4.69) is 90.4 Å². The van der Waals surface area contributed by atoms with Crippen LogP contribution in [0.5, 0.6) is 0 Å². The van der Waals surface area contributed by atoms with Crippen LogP contribution in [0.3, 0.4) is 0 Å². The van der Waals surface area contributed by atoms with Gasteiger partial charge in [-0.3, -0.25) is 0 Å². The summed E-state index contributed by atoms with van der Waals surface area (Å²) in [5.41, 5.74) is 0. The molecule has 0 aliphatic heterocycles. The third-order valence-corrected chi connectivity index (χ3v) is 12.1. The Hall–Kier alpha value is 4.44. The van der Waals surface area contributed by atoms with E-state index in [-0.39, 0.29) is 69.7 Å². The van der Waals surface area contributed by atoms with Gasteiger partial charge in [0.05, 0.1) is 0 Å². The number of halogens is 6. The first-order chi connectivity index (χ1) is 6.55. The Kier molecular flexibility index (Phi) is 21.8. The first kappa shape index (κ1) is 26.3. The zero-order valence-electron chi connectivity index (χ0n) is 8.65. The van der Waals surface area contributed by atoms with Gasteiger partial charge in [-0.1, -0.05) is 29.0 Å². The number of alkyl halides is 3. The van der Waals surface area contributed by atoms with Crippen LogP contribution in [0, 0.1) is 3.92 Å². The standard InChI is InChI=1S/C5H5I4.C5H5.2HI.Ti/c6-3-1-2-4(7)5(3,8)9;1-2-4-5-3-1;;;/h3H,1-2H2;1-5H;2*1H;/q2*-1;;;+4/p-2. The van der Waals surface area contributed by atoms with Crippen molar-refractivity contribution in [2.45, 2.75) is 18.2 Å². The fourth-order valence-electron chi connectivity index (χ4n) is 1.09. The van der Waals surface area contributed by atoms with Gasteiger partial charge in [0, 0.05) is 3.92 Å². The predicted octanol–water partition coefficient (Wildman–Crippen LogP) is -0.472. The fraction of sp³-hybridized carbons (Fsp3) is 0.400. The molecule has 96 valence electrons. The van der Waals surface area contributed by atoms with Gasteiger partial charge < -0.3 is 70.5 Å². The van der Waals surface area contributed by atoms with Crippen molar-refractivity contribution in [3.63, 3.8) is 0 Å². The first-order valence-electron chi connectivity index (χ1n) is 4.25. The van der Waals surface area contributed by atoms with Gasteiger partial charge in [0.1, 0.15) is 0 Å². The molecule has 0 N–H and O–H groups in total. The van der Waals surface area contributed by atoms with E-state index in [4.69, 9.17) is 0 Å². The van der Waals surface area contributed by atoms with Crippen molar-refractivity contribution < 1.29 is 69.7 Å². The summed E-state index contributed by atoms with van der Waals surface area (Å²) < 4.78 is 2.90. The molecule has 1 unspecified atom stereocenters. The Balaban J connectivity index is -0.000000216. The third-order valence-electron chi connectivity index (χ3n) is 1.93. The summed E-state index contributed by atoms with van der Waals surface area (Å²) >= 11 is 10.1. The van der Waals surface area contributed by atoms with Gasteiger partial charge in [0.25, 0.3) is 0 Å². The van der Waals surface area contributed by atoms with Gasteiger partial charge in [-0.25, -0.2) is 16.1 Å². The molecular formula is C10H10I6Ti. The van der Waals surface area contributed by atoms with Crippen molar-refractivity contribution in [3.05, 3.63) is 34.3 Å². The molecular weight excluding hydrogens is 929 g/mol. The molecule has 0 saturated heterocycles. The van der Waals surface area contributed by atoms with E-state index >= 15 is 0 Å². The van der Waals surface area contributed by atoms with Crippen LogP contribution in [-0.2, 0) is 21.7 Å². The van der Waals surface area contributed by atoms with Crippen LogP contribution in [0.25, 0.3) is 0 Å². The zero-order valence-corrected chi connectivity index (χ0v) is 23.2. The monoisotopic (exact) mass is 939 g/mol. The Morgan fingerprint density at radius 2 is 1.65 bits per heavy atom. The smallest absolute Gasteiger partial charge is 1.00 e. The Labute approximate surface area is 208 Å². The molecule has 2 rings (SSSR count). The summed E-state index contributed by atoms with van der Waals surface area (Å²) in [7, 11) is 0. The third kappa shape index (κ3) is 9.95. The van der Waals surface area contributed by atoms with Crippen molar-refractivity contribution >= 4 is 90.4 Å². The quantitative estimate of drug-likeness (QED) is 0.143. The van der Waals surface area contributed by atoms with Crippen LogP contribution in [0.1, 0.15) is 12.8 Å². The van der Waals surface area contributed by atoms with Crippen molar-refractivity contribution in [3.8, 4) is 0 Å². The largest absolute Gasteiger partial charge is 4.00 e. The Morgan fingerprint density at radius 1 is 1.18 bits per heavy atom. The van der Waals surface area contributed by atoms with E-state index in [1.165, 1.54) is 12.8 Å². The maximum absolute atomic E-state index is 2.55. The minimum absolute atomic E-state index is 0. The summed E-state index contributed by atoms with van der Waals surface area (Å²) in [5.74, 6) is 0. The van der Waals surface area contributed by atoms with Crippen molar-refractivity contribution in [1.82, 2.24) is 0 Å². The molecule has 0 nitrogen and oxygen atoms in total. The van der Waals surface area contributed by atoms with Gasteiger partial charge in [-0.2, -0.15) is 24.6 Å². The van der Waals surface area contributed by atoms with Crippen LogP contribution >= 0.6 is 90.4 Å². The van der Waals surface area contributed by atoms with Crippen LogP contribution in [-0.4, -0.2) is 5.35 Å². The van der Waals surface area contributed by atoms with Gasteiger partial charge in [-0.05, 0) is 1.43 Å². The summed E-state index contributed by atoms with van der Waals surface area (Å²) in [6, 6.07) is 10.0. The molecule has 0 amide bonds. The molecule has 1 aromatic carbocycles. The normalized spacial score (nSPS) is 21.1. The molecule has 1 atom stereocenters. The molecule has 7 heteroatoms. The molecule has 0 aromatic heterocycles. The van der Waals surface area contributed by atoms with Gasteiger partial charge in [0.15, 0.2) is 0 Å². The average molecular weight is 939 g/mol. The van der Waals surface area contributed by atoms with Gasteiger partial charge in [0.2, 0.25) is 0 Å². The van der Waals surface area contributed by atoms with E-state index in [0.29, 0.717) is 1.43 Å². The molecule has 1 aromatic rings.